The lowest BCUT2D eigenvalue weighted by Crippen LogP contribution is -2.17. The van der Waals surface area contributed by atoms with Crippen LogP contribution in [0.25, 0.3) is 0 Å². The van der Waals surface area contributed by atoms with E-state index in [1.165, 1.54) is 0 Å². The fourth-order valence-electron chi connectivity index (χ4n) is 1.82. The van der Waals surface area contributed by atoms with Crippen LogP contribution in [0.4, 0.5) is 5.69 Å². The molecule has 0 aliphatic carbocycles. The molecule has 0 fully saturated rings. The molecule has 1 aromatic carbocycles. The van der Waals surface area contributed by atoms with Gasteiger partial charge in [-0.1, -0.05) is 13.8 Å². The van der Waals surface area contributed by atoms with Gasteiger partial charge in [0.1, 0.15) is 5.75 Å². The number of hydrogen-bond acceptors (Lipinski definition) is 3. The second-order valence-electron chi connectivity index (χ2n) is 4.07. The molecule has 1 aromatic rings. The van der Waals surface area contributed by atoms with Gasteiger partial charge in [0.2, 0.25) is 0 Å². The zero-order chi connectivity index (χ0) is 12.7. The van der Waals surface area contributed by atoms with Crippen LogP contribution < -0.4 is 10.1 Å². The molecule has 0 radical (unpaired) electrons. The summed E-state index contributed by atoms with van der Waals surface area (Å²) in [5.41, 5.74) is 1.88. The smallest absolute Gasteiger partial charge is 0.124 e. The normalized spacial score (nSPS) is 10.6. The Balaban J connectivity index is 2.81. The first-order chi connectivity index (χ1) is 8.24. The van der Waals surface area contributed by atoms with Crippen LogP contribution in [-0.4, -0.2) is 17.8 Å². The number of nitrogens with one attached hydrogen (secondary N) is 1. The van der Waals surface area contributed by atoms with Crippen LogP contribution >= 0.6 is 0 Å². The zero-order valence-corrected chi connectivity index (χ0v) is 11.0. The van der Waals surface area contributed by atoms with Crippen molar-refractivity contribution in [2.45, 2.75) is 46.3 Å². The number of aliphatic hydroxyl groups is 1. The lowest BCUT2D eigenvalue weighted by atomic mass is 10.1. The minimum absolute atomic E-state index is 0.00771. The second kappa shape index (κ2) is 7.17. The highest BCUT2D eigenvalue weighted by atomic mass is 16.5. The largest absolute Gasteiger partial charge is 0.494 e. The molecule has 3 heteroatoms. The summed E-state index contributed by atoms with van der Waals surface area (Å²) >= 11 is 0. The van der Waals surface area contributed by atoms with Gasteiger partial charge in [-0.25, -0.2) is 0 Å². The summed E-state index contributed by atoms with van der Waals surface area (Å²) in [6, 6.07) is 6.37. The summed E-state index contributed by atoms with van der Waals surface area (Å²) in [5.74, 6) is 0.769. The van der Waals surface area contributed by atoms with Crippen LogP contribution in [-0.2, 0) is 6.61 Å². The van der Waals surface area contributed by atoms with Crippen molar-refractivity contribution in [1.82, 2.24) is 0 Å². The Kier molecular flexibility index (Phi) is 5.84. The van der Waals surface area contributed by atoms with Crippen molar-refractivity contribution >= 4 is 5.69 Å². The third-order valence-electron chi connectivity index (χ3n) is 2.89. The molecule has 0 aromatic heterocycles. The third kappa shape index (κ3) is 3.93. The van der Waals surface area contributed by atoms with E-state index in [9.17, 15) is 5.11 Å². The van der Waals surface area contributed by atoms with Gasteiger partial charge in [-0.3, -0.25) is 0 Å². The highest BCUT2D eigenvalue weighted by molar-refractivity contribution is 5.51. The molecule has 0 amide bonds. The number of aliphatic hydroxyl groups excluding tert-OH is 1. The lowest BCUT2D eigenvalue weighted by molar-refractivity contribution is 0.267. The number of hydrogen-bond donors (Lipinski definition) is 2. The van der Waals surface area contributed by atoms with Crippen molar-refractivity contribution < 1.29 is 9.84 Å². The van der Waals surface area contributed by atoms with Gasteiger partial charge in [0.15, 0.2) is 0 Å². The molecule has 2 N–H and O–H groups in total. The fraction of sp³-hybridized carbons (Fsp3) is 0.571. The van der Waals surface area contributed by atoms with E-state index in [1.54, 1.807) is 0 Å². The molecule has 0 atom stereocenters. The Hall–Kier alpha value is -1.22. The Bertz CT molecular complexity index is 335. The molecule has 0 spiro atoms. The molecule has 1 rings (SSSR count). The van der Waals surface area contributed by atoms with E-state index >= 15 is 0 Å². The Morgan fingerprint density at radius 2 is 1.94 bits per heavy atom. The van der Waals surface area contributed by atoms with E-state index in [0.29, 0.717) is 12.6 Å². The van der Waals surface area contributed by atoms with Crippen LogP contribution in [0.15, 0.2) is 18.2 Å². The van der Waals surface area contributed by atoms with Gasteiger partial charge in [0, 0.05) is 17.3 Å². The standard InChI is InChI=1S/C14H23NO2/c1-4-12(5-2)15-13-7-8-14(17-6-3)11(9-13)10-16/h7-9,12,15-16H,4-6,10H2,1-3H3. The van der Waals surface area contributed by atoms with E-state index in [2.05, 4.69) is 19.2 Å². The summed E-state index contributed by atoms with van der Waals surface area (Å²) in [4.78, 5) is 0. The zero-order valence-electron chi connectivity index (χ0n) is 11.0. The summed E-state index contributed by atoms with van der Waals surface area (Å²) in [6.07, 6.45) is 2.19. The summed E-state index contributed by atoms with van der Waals surface area (Å²) < 4.78 is 5.45. The maximum Gasteiger partial charge on any atom is 0.124 e. The molecule has 0 saturated heterocycles. The summed E-state index contributed by atoms with van der Waals surface area (Å²) in [6.45, 7) is 6.91. The molecule has 0 heterocycles. The van der Waals surface area contributed by atoms with Crippen LogP contribution in [0, 0.1) is 0 Å². The Morgan fingerprint density at radius 3 is 2.47 bits per heavy atom. The minimum Gasteiger partial charge on any atom is -0.494 e. The molecule has 0 unspecified atom stereocenters. The van der Waals surface area contributed by atoms with E-state index in [0.717, 1.165) is 29.8 Å². The van der Waals surface area contributed by atoms with Crippen molar-refractivity contribution in [2.75, 3.05) is 11.9 Å². The van der Waals surface area contributed by atoms with Crippen molar-refractivity contribution in [2.24, 2.45) is 0 Å². The van der Waals surface area contributed by atoms with Crippen LogP contribution in [0.3, 0.4) is 0 Å². The van der Waals surface area contributed by atoms with Crippen LogP contribution in [0.2, 0.25) is 0 Å². The quantitative estimate of drug-likeness (QED) is 0.765. The molecule has 3 nitrogen and oxygen atoms in total. The van der Waals surface area contributed by atoms with Crippen LogP contribution in [0.5, 0.6) is 5.75 Å². The Morgan fingerprint density at radius 1 is 1.24 bits per heavy atom. The first-order valence-electron chi connectivity index (χ1n) is 6.38. The maximum absolute atomic E-state index is 9.31. The average molecular weight is 237 g/mol. The molecule has 96 valence electrons. The summed E-state index contributed by atoms with van der Waals surface area (Å²) in [5, 5.41) is 12.8. The third-order valence-corrected chi connectivity index (χ3v) is 2.89. The van der Waals surface area contributed by atoms with Gasteiger partial charge in [-0.15, -0.1) is 0 Å². The first-order valence-corrected chi connectivity index (χ1v) is 6.38. The van der Waals surface area contributed by atoms with Crippen molar-refractivity contribution in [3.8, 4) is 5.75 Å². The van der Waals surface area contributed by atoms with Gasteiger partial charge in [0.05, 0.1) is 13.2 Å². The average Bonchev–Trinajstić information content (AvgIpc) is 2.37. The Labute approximate surface area is 104 Å². The van der Waals surface area contributed by atoms with E-state index in [4.69, 9.17) is 4.74 Å². The SMILES string of the molecule is CCOc1ccc(NC(CC)CC)cc1CO. The van der Waals surface area contributed by atoms with E-state index < -0.39 is 0 Å². The van der Waals surface area contributed by atoms with Gasteiger partial charge < -0.3 is 15.2 Å². The van der Waals surface area contributed by atoms with Crippen LogP contribution in [0.1, 0.15) is 39.2 Å². The monoisotopic (exact) mass is 237 g/mol. The fourth-order valence-corrected chi connectivity index (χ4v) is 1.82. The highest BCUT2D eigenvalue weighted by Crippen LogP contribution is 2.24. The topological polar surface area (TPSA) is 41.5 Å². The molecule has 17 heavy (non-hydrogen) atoms. The van der Waals surface area contributed by atoms with Gasteiger partial charge in [-0.2, -0.15) is 0 Å². The predicted molar refractivity (Wildman–Crippen MR) is 71.5 cm³/mol. The molecule has 0 bridgehead atoms. The molecular formula is C14H23NO2. The number of anilines is 1. The van der Waals surface area contributed by atoms with Crippen molar-refractivity contribution in [3.63, 3.8) is 0 Å². The van der Waals surface area contributed by atoms with Gasteiger partial charge in [-0.05, 0) is 38.0 Å². The number of ether oxygens (including phenoxy) is 1. The highest BCUT2D eigenvalue weighted by Gasteiger charge is 2.07. The van der Waals surface area contributed by atoms with Crippen molar-refractivity contribution in [1.29, 1.82) is 0 Å². The lowest BCUT2D eigenvalue weighted by Gasteiger charge is -2.18. The molecule has 0 aliphatic heterocycles. The maximum atomic E-state index is 9.31. The van der Waals surface area contributed by atoms with E-state index in [1.807, 2.05) is 25.1 Å². The number of rotatable bonds is 7. The first kappa shape index (κ1) is 13.8. The number of benzene rings is 1. The second-order valence-corrected chi connectivity index (χ2v) is 4.07. The molecular weight excluding hydrogens is 214 g/mol. The van der Waals surface area contributed by atoms with Gasteiger partial charge in [0.25, 0.3) is 0 Å². The predicted octanol–water partition coefficient (Wildman–Crippen LogP) is 3.18. The minimum atomic E-state index is 0.00771. The summed E-state index contributed by atoms with van der Waals surface area (Å²) in [7, 11) is 0. The van der Waals surface area contributed by atoms with Crippen molar-refractivity contribution in [3.05, 3.63) is 23.8 Å². The van der Waals surface area contributed by atoms with E-state index in [-0.39, 0.29) is 6.61 Å². The molecule has 0 aliphatic rings. The molecule has 0 saturated carbocycles. The van der Waals surface area contributed by atoms with Gasteiger partial charge >= 0.3 is 0 Å².